The highest BCUT2D eigenvalue weighted by Crippen LogP contribution is 2.23. The SMILES string of the molecule is CCN(C)S(=O)(=O)c1ccccc1O. The molecular formula is C9H13NO3S. The average molecular weight is 215 g/mol. The lowest BCUT2D eigenvalue weighted by molar-refractivity contribution is 0.446. The molecule has 14 heavy (non-hydrogen) atoms. The van der Waals surface area contributed by atoms with Crippen LogP contribution in [0.15, 0.2) is 29.2 Å². The summed E-state index contributed by atoms with van der Waals surface area (Å²) in [4.78, 5) is -0.0515. The number of aromatic hydroxyl groups is 1. The molecule has 0 aliphatic heterocycles. The van der Waals surface area contributed by atoms with Gasteiger partial charge in [-0.15, -0.1) is 0 Å². The molecule has 0 amide bonds. The van der Waals surface area contributed by atoms with Gasteiger partial charge in [-0.05, 0) is 12.1 Å². The average Bonchev–Trinajstić information content (AvgIpc) is 2.17. The number of benzene rings is 1. The highest BCUT2D eigenvalue weighted by Gasteiger charge is 2.21. The molecule has 0 aromatic heterocycles. The van der Waals surface area contributed by atoms with Crippen molar-refractivity contribution >= 4 is 10.0 Å². The van der Waals surface area contributed by atoms with E-state index in [-0.39, 0.29) is 10.6 Å². The normalized spacial score (nSPS) is 11.9. The number of sulfonamides is 1. The van der Waals surface area contributed by atoms with E-state index in [1.807, 2.05) is 0 Å². The smallest absolute Gasteiger partial charge is 0.246 e. The van der Waals surface area contributed by atoms with E-state index in [1.54, 1.807) is 19.1 Å². The van der Waals surface area contributed by atoms with E-state index < -0.39 is 10.0 Å². The zero-order chi connectivity index (χ0) is 10.8. The first-order valence-corrected chi connectivity index (χ1v) is 5.68. The first kappa shape index (κ1) is 11.0. The second-order valence-corrected chi connectivity index (χ2v) is 4.90. The molecule has 78 valence electrons. The summed E-state index contributed by atoms with van der Waals surface area (Å²) in [7, 11) is -2.06. The monoisotopic (exact) mass is 215 g/mol. The predicted octanol–water partition coefficient (Wildman–Crippen LogP) is 1.03. The van der Waals surface area contributed by atoms with Crippen LogP contribution in [0.3, 0.4) is 0 Å². The summed E-state index contributed by atoms with van der Waals surface area (Å²) in [5.74, 6) is -0.215. The molecule has 0 unspecified atom stereocenters. The van der Waals surface area contributed by atoms with Crippen LogP contribution in [-0.2, 0) is 10.0 Å². The minimum Gasteiger partial charge on any atom is -0.507 e. The van der Waals surface area contributed by atoms with Gasteiger partial charge in [-0.1, -0.05) is 19.1 Å². The third-order valence-electron chi connectivity index (χ3n) is 2.00. The van der Waals surface area contributed by atoms with Crippen molar-refractivity contribution in [2.45, 2.75) is 11.8 Å². The van der Waals surface area contributed by atoms with Gasteiger partial charge in [0.15, 0.2) is 0 Å². The van der Waals surface area contributed by atoms with Gasteiger partial charge < -0.3 is 5.11 Å². The molecule has 4 nitrogen and oxygen atoms in total. The largest absolute Gasteiger partial charge is 0.507 e. The van der Waals surface area contributed by atoms with Crippen molar-refractivity contribution in [3.63, 3.8) is 0 Å². The number of phenolic OH excluding ortho intramolecular Hbond substituents is 1. The van der Waals surface area contributed by atoms with Gasteiger partial charge in [0.1, 0.15) is 10.6 Å². The quantitative estimate of drug-likeness (QED) is 0.819. The Morgan fingerprint density at radius 3 is 2.43 bits per heavy atom. The first-order chi connectivity index (χ1) is 6.50. The number of hydrogen-bond acceptors (Lipinski definition) is 3. The van der Waals surface area contributed by atoms with Crippen LogP contribution in [0.4, 0.5) is 0 Å². The van der Waals surface area contributed by atoms with E-state index in [2.05, 4.69) is 0 Å². The van der Waals surface area contributed by atoms with Gasteiger partial charge >= 0.3 is 0 Å². The van der Waals surface area contributed by atoms with Crippen LogP contribution in [0, 0.1) is 0 Å². The number of rotatable bonds is 3. The molecule has 0 aliphatic carbocycles. The highest BCUT2D eigenvalue weighted by molar-refractivity contribution is 7.89. The van der Waals surface area contributed by atoms with Crippen molar-refractivity contribution in [3.05, 3.63) is 24.3 Å². The minimum atomic E-state index is -3.54. The third-order valence-corrected chi connectivity index (χ3v) is 3.98. The Morgan fingerprint density at radius 2 is 1.93 bits per heavy atom. The molecule has 0 saturated heterocycles. The van der Waals surface area contributed by atoms with Crippen LogP contribution in [0.25, 0.3) is 0 Å². The Morgan fingerprint density at radius 1 is 1.36 bits per heavy atom. The molecule has 5 heteroatoms. The summed E-state index contributed by atoms with van der Waals surface area (Å²) in [6.45, 7) is 2.11. The van der Waals surface area contributed by atoms with Gasteiger partial charge in [0.25, 0.3) is 0 Å². The van der Waals surface area contributed by atoms with Crippen LogP contribution >= 0.6 is 0 Å². The highest BCUT2D eigenvalue weighted by atomic mass is 32.2. The van der Waals surface area contributed by atoms with Gasteiger partial charge in [-0.2, -0.15) is 0 Å². The Bertz CT molecular complexity index is 414. The Hall–Kier alpha value is -1.07. The summed E-state index contributed by atoms with van der Waals surface area (Å²) in [5, 5.41) is 9.38. The number of nitrogens with zero attached hydrogens (tertiary/aromatic N) is 1. The third kappa shape index (κ3) is 1.88. The lowest BCUT2D eigenvalue weighted by Gasteiger charge is -2.15. The molecule has 0 fully saturated rings. The van der Waals surface area contributed by atoms with Crippen molar-refractivity contribution in [1.29, 1.82) is 0 Å². The molecule has 1 aromatic carbocycles. The molecule has 1 N–H and O–H groups in total. The Balaban J connectivity index is 3.24. The van der Waals surface area contributed by atoms with Crippen LogP contribution in [-0.4, -0.2) is 31.4 Å². The maximum atomic E-state index is 11.7. The van der Waals surface area contributed by atoms with Crippen LogP contribution in [0.1, 0.15) is 6.92 Å². The molecule has 0 radical (unpaired) electrons. The zero-order valence-electron chi connectivity index (χ0n) is 8.14. The Labute approximate surface area is 83.8 Å². The van der Waals surface area contributed by atoms with E-state index in [0.717, 1.165) is 0 Å². The summed E-state index contributed by atoms with van der Waals surface area (Å²) in [6.07, 6.45) is 0. The molecular weight excluding hydrogens is 202 g/mol. The van der Waals surface area contributed by atoms with Crippen LogP contribution in [0.5, 0.6) is 5.75 Å². The lowest BCUT2D eigenvalue weighted by atomic mass is 10.3. The zero-order valence-corrected chi connectivity index (χ0v) is 8.95. The Kier molecular flexibility index (Phi) is 3.13. The predicted molar refractivity (Wildman–Crippen MR) is 53.6 cm³/mol. The maximum absolute atomic E-state index is 11.7. The van der Waals surface area contributed by atoms with E-state index in [1.165, 1.54) is 23.5 Å². The van der Waals surface area contributed by atoms with E-state index in [4.69, 9.17) is 0 Å². The van der Waals surface area contributed by atoms with Crippen molar-refractivity contribution < 1.29 is 13.5 Å². The molecule has 0 heterocycles. The molecule has 0 saturated carbocycles. The fraction of sp³-hybridized carbons (Fsp3) is 0.333. The summed E-state index contributed by atoms with van der Waals surface area (Å²) >= 11 is 0. The van der Waals surface area contributed by atoms with E-state index in [0.29, 0.717) is 6.54 Å². The van der Waals surface area contributed by atoms with Crippen molar-refractivity contribution in [1.82, 2.24) is 4.31 Å². The summed E-state index contributed by atoms with van der Waals surface area (Å²) < 4.78 is 24.7. The summed E-state index contributed by atoms with van der Waals surface area (Å²) in [6, 6.07) is 5.91. The first-order valence-electron chi connectivity index (χ1n) is 4.24. The molecule has 0 bridgehead atoms. The van der Waals surface area contributed by atoms with Gasteiger partial charge in [-0.25, -0.2) is 12.7 Å². The number of hydrogen-bond donors (Lipinski definition) is 1. The van der Waals surface area contributed by atoms with Gasteiger partial charge in [-0.3, -0.25) is 0 Å². The van der Waals surface area contributed by atoms with Gasteiger partial charge in [0.2, 0.25) is 10.0 Å². The topological polar surface area (TPSA) is 57.6 Å². The van der Waals surface area contributed by atoms with Crippen molar-refractivity contribution in [2.24, 2.45) is 0 Å². The van der Waals surface area contributed by atoms with Crippen molar-refractivity contribution in [2.75, 3.05) is 13.6 Å². The van der Waals surface area contributed by atoms with E-state index in [9.17, 15) is 13.5 Å². The summed E-state index contributed by atoms with van der Waals surface area (Å²) in [5.41, 5.74) is 0. The maximum Gasteiger partial charge on any atom is 0.246 e. The number of phenols is 1. The van der Waals surface area contributed by atoms with Gasteiger partial charge in [0.05, 0.1) is 0 Å². The fourth-order valence-electron chi connectivity index (χ4n) is 1.01. The molecule has 0 spiro atoms. The minimum absolute atomic E-state index is 0.0515. The standard InChI is InChI=1S/C9H13NO3S/c1-3-10(2)14(12,13)9-7-5-4-6-8(9)11/h4-7,11H,3H2,1-2H3. The second kappa shape index (κ2) is 3.98. The van der Waals surface area contributed by atoms with Crippen LogP contribution in [0.2, 0.25) is 0 Å². The molecule has 1 rings (SSSR count). The molecule has 0 aliphatic rings. The lowest BCUT2D eigenvalue weighted by Crippen LogP contribution is -2.26. The number of para-hydroxylation sites is 1. The van der Waals surface area contributed by atoms with Crippen LogP contribution < -0.4 is 0 Å². The second-order valence-electron chi connectivity index (χ2n) is 2.89. The molecule has 0 atom stereocenters. The molecule has 1 aromatic rings. The fourth-order valence-corrected chi connectivity index (χ4v) is 2.27. The van der Waals surface area contributed by atoms with Crippen molar-refractivity contribution in [3.8, 4) is 5.75 Å². The van der Waals surface area contributed by atoms with Gasteiger partial charge in [0, 0.05) is 13.6 Å². The van der Waals surface area contributed by atoms with E-state index >= 15 is 0 Å².